The largest absolute Gasteiger partial charge is 0.272 e. The van der Waals surface area contributed by atoms with Crippen LogP contribution in [0.4, 0.5) is 0 Å². The molecule has 4 nitrogen and oxygen atoms in total. The molecule has 0 atom stereocenters. The van der Waals surface area contributed by atoms with Crippen LogP contribution >= 0.6 is 11.6 Å². The van der Waals surface area contributed by atoms with Gasteiger partial charge < -0.3 is 0 Å². The Morgan fingerprint density at radius 1 is 1.17 bits per heavy atom. The summed E-state index contributed by atoms with van der Waals surface area (Å²) in [5.41, 5.74) is 5.25. The van der Waals surface area contributed by atoms with Crippen molar-refractivity contribution in [3.63, 3.8) is 0 Å². The standard InChI is InChI=1S/C13H15ClN2O2/c14-9-11(17)15-16-12(18)13(7-4-8-13)10-5-2-1-3-6-10/h1-3,5-6H,4,7-9H2,(H,15,17)(H,16,18). The molecule has 1 saturated carbocycles. The molecule has 0 heterocycles. The van der Waals surface area contributed by atoms with E-state index in [0.29, 0.717) is 0 Å². The van der Waals surface area contributed by atoms with Gasteiger partial charge in [-0.25, -0.2) is 0 Å². The van der Waals surface area contributed by atoms with Gasteiger partial charge in [0, 0.05) is 0 Å². The Balaban J connectivity index is 2.09. The fourth-order valence-electron chi connectivity index (χ4n) is 2.21. The Morgan fingerprint density at radius 3 is 2.33 bits per heavy atom. The topological polar surface area (TPSA) is 58.2 Å². The highest BCUT2D eigenvalue weighted by Crippen LogP contribution is 2.43. The zero-order chi connectivity index (χ0) is 13.0. The Kier molecular flexibility index (Phi) is 3.87. The second kappa shape index (κ2) is 5.40. The normalized spacial score (nSPS) is 16.5. The van der Waals surface area contributed by atoms with Crippen LogP contribution in [-0.4, -0.2) is 17.7 Å². The minimum Gasteiger partial charge on any atom is -0.272 e. The number of rotatable bonds is 3. The molecule has 18 heavy (non-hydrogen) atoms. The maximum absolute atomic E-state index is 12.2. The van der Waals surface area contributed by atoms with Crippen LogP contribution in [0.5, 0.6) is 0 Å². The summed E-state index contributed by atoms with van der Waals surface area (Å²) in [7, 11) is 0. The van der Waals surface area contributed by atoms with Crippen molar-refractivity contribution in [3.8, 4) is 0 Å². The molecule has 2 amide bonds. The van der Waals surface area contributed by atoms with Crippen LogP contribution in [0.3, 0.4) is 0 Å². The van der Waals surface area contributed by atoms with E-state index in [1.807, 2.05) is 30.3 Å². The van der Waals surface area contributed by atoms with Gasteiger partial charge in [0.15, 0.2) is 0 Å². The molecule has 96 valence electrons. The number of amides is 2. The number of hydrazine groups is 1. The monoisotopic (exact) mass is 266 g/mol. The van der Waals surface area contributed by atoms with Crippen LogP contribution in [0.15, 0.2) is 30.3 Å². The SMILES string of the molecule is O=C(CCl)NNC(=O)C1(c2ccccc2)CCC1. The molecule has 0 saturated heterocycles. The summed E-state index contributed by atoms with van der Waals surface area (Å²) in [4.78, 5) is 23.2. The van der Waals surface area contributed by atoms with Gasteiger partial charge in [-0.15, -0.1) is 11.6 Å². The molecule has 5 heteroatoms. The van der Waals surface area contributed by atoms with Crippen molar-refractivity contribution in [2.45, 2.75) is 24.7 Å². The lowest BCUT2D eigenvalue weighted by Gasteiger charge is -2.40. The summed E-state index contributed by atoms with van der Waals surface area (Å²) < 4.78 is 0. The first-order valence-corrected chi connectivity index (χ1v) is 6.43. The van der Waals surface area contributed by atoms with Gasteiger partial charge in [-0.3, -0.25) is 20.4 Å². The van der Waals surface area contributed by atoms with E-state index < -0.39 is 11.3 Å². The van der Waals surface area contributed by atoms with E-state index in [0.717, 1.165) is 24.8 Å². The summed E-state index contributed by atoms with van der Waals surface area (Å²) >= 11 is 5.35. The van der Waals surface area contributed by atoms with Gasteiger partial charge in [0.05, 0.1) is 5.41 Å². The van der Waals surface area contributed by atoms with Crippen LogP contribution in [0.2, 0.25) is 0 Å². The van der Waals surface area contributed by atoms with E-state index in [-0.39, 0.29) is 11.8 Å². The van der Waals surface area contributed by atoms with Gasteiger partial charge in [-0.05, 0) is 18.4 Å². The molecule has 1 fully saturated rings. The fourth-order valence-corrected chi connectivity index (χ4v) is 2.28. The first kappa shape index (κ1) is 12.9. The van der Waals surface area contributed by atoms with Gasteiger partial charge in [0.1, 0.15) is 5.88 Å². The number of carbonyl (C=O) groups is 2. The van der Waals surface area contributed by atoms with Crippen molar-refractivity contribution in [2.75, 3.05) is 5.88 Å². The number of carbonyl (C=O) groups excluding carboxylic acids is 2. The maximum Gasteiger partial charge on any atom is 0.253 e. The van der Waals surface area contributed by atoms with E-state index in [9.17, 15) is 9.59 Å². The number of alkyl halides is 1. The minimum absolute atomic E-state index is 0.168. The summed E-state index contributed by atoms with van der Waals surface area (Å²) in [5, 5.41) is 0. The number of hydrogen-bond donors (Lipinski definition) is 2. The van der Waals surface area contributed by atoms with Crippen LogP contribution < -0.4 is 10.9 Å². The highest BCUT2D eigenvalue weighted by molar-refractivity contribution is 6.27. The number of hydrogen-bond acceptors (Lipinski definition) is 2. The maximum atomic E-state index is 12.2. The summed E-state index contributed by atoms with van der Waals surface area (Å²) in [5.74, 6) is -0.746. The van der Waals surface area contributed by atoms with Crippen LogP contribution in [-0.2, 0) is 15.0 Å². The molecule has 1 aliphatic carbocycles. The van der Waals surface area contributed by atoms with Crippen molar-refractivity contribution in [1.82, 2.24) is 10.9 Å². The molecule has 1 aromatic rings. The molecule has 0 spiro atoms. The summed E-state index contributed by atoms with van der Waals surface area (Å²) in [6, 6.07) is 9.65. The molecular formula is C13H15ClN2O2. The van der Waals surface area contributed by atoms with Crippen molar-refractivity contribution in [2.24, 2.45) is 0 Å². The Bertz CT molecular complexity index is 444. The molecular weight excluding hydrogens is 252 g/mol. The zero-order valence-electron chi connectivity index (χ0n) is 9.91. The second-order valence-electron chi connectivity index (χ2n) is 4.44. The fraction of sp³-hybridized carbons (Fsp3) is 0.385. The highest BCUT2D eigenvalue weighted by atomic mass is 35.5. The van der Waals surface area contributed by atoms with Crippen molar-refractivity contribution < 1.29 is 9.59 Å². The van der Waals surface area contributed by atoms with E-state index in [4.69, 9.17) is 11.6 Å². The van der Waals surface area contributed by atoms with Gasteiger partial charge >= 0.3 is 0 Å². The van der Waals surface area contributed by atoms with Gasteiger partial charge in [0.2, 0.25) is 5.91 Å². The number of halogens is 1. The first-order chi connectivity index (χ1) is 8.69. The van der Waals surface area contributed by atoms with Crippen molar-refractivity contribution >= 4 is 23.4 Å². The lowest BCUT2D eigenvalue weighted by atomic mass is 9.64. The quantitative estimate of drug-likeness (QED) is 0.643. The van der Waals surface area contributed by atoms with Gasteiger partial charge in [0.25, 0.3) is 5.91 Å². The van der Waals surface area contributed by atoms with Crippen LogP contribution in [0, 0.1) is 0 Å². The minimum atomic E-state index is -0.499. The highest BCUT2D eigenvalue weighted by Gasteiger charge is 2.45. The predicted molar refractivity (Wildman–Crippen MR) is 69.0 cm³/mol. The van der Waals surface area contributed by atoms with Crippen molar-refractivity contribution in [3.05, 3.63) is 35.9 Å². The van der Waals surface area contributed by atoms with E-state index in [1.165, 1.54) is 0 Å². The van der Waals surface area contributed by atoms with Crippen LogP contribution in [0.25, 0.3) is 0 Å². The molecule has 1 aromatic carbocycles. The van der Waals surface area contributed by atoms with E-state index in [2.05, 4.69) is 10.9 Å². The molecule has 1 aliphatic rings. The molecule has 0 bridgehead atoms. The molecule has 0 aromatic heterocycles. The smallest absolute Gasteiger partial charge is 0.253 e. The lowest BCUT2D eigenvalue weighted by molar-refractivity contribution is -0.134. The Hall–Kier alpha value is -1.55. The summed E-state index contributed by atoms with van der Waals surface area (Å²) in [6.45, 7) is 0. The number of nitrogens with one attached hydrogen (secondary N) is 2. The first-order valence-electron chi connectivity index (χ1n) is 5.90. The number of benzene rings is 1. The van der Waals surface area contributed by atoms with Crippen LogP contribution in [0.1, 0.15) is 24.8 Å². The Morgan fingerprint density at radius 2 is 1.83 bits per heavy atom. The molecule has 0 aliphatic heterocycles. The molecule has 2 rings (SSSR count). The molecule has 0 radical (unpaired) electrons. The van der Waals surface area contributed by atoms with Gasteiger partial charge in [-0.1, -0.05) is 36.8 Å². The average molecular weight is 267 g/mol. The lowest BCUT2D eigenvalue weighted by Crippen LogP contribution is -2.54. The average Bonchev–Trinajstić information content (AvgIpc) is 2.36. The Labute approximate surface area is 111 Å². The van der Waals surface area contributed by atoms with E-state index >= 15 is 0 Å². The third kappa shape index (κ3) is 2.34. The summed E-state index contributed by atoms with van der Waals surface area (Å²) in [6.07, 6.45) is 2.63. The third-order valence-corrected chi connectivity index (χ3v) is 3.65. The predicted octanol–water partition coefficient (Wildman–Crippen LogP) is 1.49. The third-order valence-electron chi connectivity index (χ3n) is 3.40. The van der Waals surface area contributed by atoms with E-state index in [1.54, 1.807) is 0 Å². The molecule has 2 N–H and O–H groups in total. The molecule has 0 unspecified atom stereocenters. The van der Waals surface area contributed by atoms with Gasteiger partial charge in [-0.2, -0.15) is 0 Å². The zero-order valence-corrected chi connectivity index (χ0v) is 10.7. The second-order valence-corrected chi connectivity index (χ2v) is 4.70. The van der Waals surface area contributed by atoms with Crippen molar-refractivity contribution in [1.29, 1.82) is 0 Å².